The molecule has 0 radical (unpaired) electrons. The smallest absolute Gasteiger partial charge is 0.253 e. The number of rotatable bonds is 9. The van der Waals surface area contributed by atoms with Crippen molar-refractivity contribution < 1.29 is 4.74 Å². The molecule has 0 amide bonds. The van der Waals surface area contributed by atoms with Gasteiger partial charge in [0.1, 0.15) is 11.8 Å². The minimum atomic E-state index is -0.362. The highest BCUT2D eigenvalue weighted by molar-refractivity contribution is 5.80. The zero-order chi connectivity index (χ0) is 28.2. The van der Waals surface area contributed by atoms with E-state index in [0.717, 1.165) is 61.0 Å². The Morgan fingerprint density at radius 1 is 0.951 bits per heavy atom. The normalized spacial score (nSPS) is 15.3. The number of ether oxygens (including phenoxy) is 1. The van der Waals surface area contributed by atoms with Gasteiger partial charge in [0, 0.05) is 11.1 Å². The third-order valence-electron chi connectivity index (χ3n) is 8.32. The summed E-state index contributed by atoms with van der Waals surface area (Å²) in [5.41, 5.74) is 5.09. The molecule has 5 aromatic rings. The summed E-state index contributed by atoms with van der Waals surface area (Å²) in [6.45, 7) is 4.37. The Kier molecular flexibility index (Phi) is 7.91. The average Bonchev–Trinajstić information content (AvgIpc) is 3.46. The molecule has 0 saturated carbocycles. The molecule has 3 aromatic carbocycles. The number of piperidine rings is 1. The largest absolute Gasteiger partial charge is 0.497 e. The van der Waals surface area contributed by atoms with Gasteiger partial charge in [0.25, 0.3) is 5.56 Å². The Balaban J connectivity index is 1.35. The van der Waals surface area contributed by atoms with Crippen LogP contribution < -0.4 is 10.3 Å². The summed E-state index contributed by atoms with van der Waals surface area (Å²) < 4.78 is 7.15. The van der Waals surface area contributed by atoms with Gasteiger partial charge in [-0.15, -0.1) is 5.10 Å². The fraction of sp³-hybridized carbons (Fsp3) is 0.333. The van der Waals surface area contributed by atoms with Crippen molar-refractivity contribution in [3.8, 4) is 5.75 Å². The molecular formula is C33H36N6O2. The highest BCUT2D eigenvalue weighted by Gasteiger charge is 2.33. The lowest BCUT2D eigenvalue weighted by atomic mass is 9.89. The van der Waals surface area contributed by atoms with Gasteiger partial charge in [-0.3, -0.25) is 9.69 Å². The number of benzene rings is 3. The molecule has 8 nitrogen and oxygen atoms in total. The van der Waals surface area contributed by atoms with Crippen LogP contribution in [0.25, 0.3) is 10.9 Å². The van der Waals surface area contributed by atoms with Crippen LogP contribution in [-0.4, -0.2) is 50.3 Å². The molecule has 1 N–H and O–H groups in total. The second-order valence-electron chi connectivity index (χ2n) is 10.9. The van der Waals surface area contributed by atoms with Gasteiger partial charge in [0.2, 0.25) is 0 Å². The molecule has 0 bridgehead atoms. The molecule has 1 saturated heterocycles. The highest BCUT2D eigenvalue weighted by Crippen LogP contribution is 2.32. The van der Waals surface area contributed by atoms with E-state index in [2.05, 4.69) is 74.8 Å². The van der Waals surface area contributed by atoms with Gasteiger partial charge >= 0.3 is 0 Å². The molecule has 210 valence electrons. The maximum atomic E-state index is 13.6. The first-order valence-corrected chi connectivity index (χ1v) is 14.4. The first-order valence-electron chi connectivity index (χ1n) is 14.4. The van der Waals surface area contributed by atoms with Crippen LogP contribution in [0.5, 0.6) is 5.75 Å². The number of H-pyrrole nitrogens is 1. The number of aromatic nitrogens is 5. The Labute approximate surface area is 240 Å². The predicted molar refractivity (Wildman–Crippen MR) is 160 cm³/mol. The number of aryl methyl sites for hydroxylation is 1. The number of fused-ring (bicyclic) bond motifs is 1. The number of nitrogens with zero attached hydrogens (tertiary/aromatic N) is 5. The summed E-state index contributed by atoms with van der Waals surface area (Å²) in [6, 6.07) is 26.5. The van der Waals surface area contributed by atoms with Crippen molar-refractivity contribution in [2.75, 3.05) is 20.2 Å². The topological polar surface area (TPSA) is 88.9 Å². The lowest BCUT2D eigenvalue weighted by molar-refractivity contribution is 0.143. The number of aromatic amines is 1. The monoisotopic (exact) mass is 548 g/mol. The number of pyridine rings is 1. The molecular weight excluding hydrogens is 512 g/mol. The third kappa shape index (κ3) is 5.93. The van der Waals surface area contributed by atoms with E-state index in [1.54, 1.807) is 7.11 Å². The second-order valence-corrected chi connectivity index (χ2v) is 10.9. The fourth-order valence-electron chi connectivity index (χ4n) is 5.98. The van der Waals surface area contributed by atoms with Gasteiger partial charge in [0.15, 0.2) is 5.82 Å². The predicted octanol–water partition coefficient (Wildman–Crippen LogP) is 5.18. The van der Waals surface area contributed by atoms with Crippen LogP contribution in [0.2, 0.25) is 0 Å². The Hall–Kier alpha value is -4.30. The van der Waals surface area contributed by atoms with Gasteiger partial charge < -0.3 is 9.72 Å². The van der Waals surface area contributed by atoms with E-state index in [9.17, 15) is 4.79 Å². The van der Waals surface area contributed by atoms with Crippen LogP contribution in [0.3, 0.4) is 0 Å². The minimum Gasteiger partial charge on any atom is -0.497 e. The van der Waals surface area contributed by atoms with Crippen LogP contribution in [-0.2, 0) is 19.4 Å². The zero-order valence-corrected chi connectivity index (χ0v) is 23.7. The third-order valence-corrected chi connectivity index (χ3v) is 8.32. The molecule has 1 unspecified atom stereocenters. The molecule has 6 rings (SSSR count). The van der Waals surface area contributed by atoms with Crippen LogP contribution in [0.1, 0.15) is 53.9 Å². The van der Waals surface area contributed by atoms with Crippen molar-refractivity contribution in [2.24, 2.45) is 5.92 Å². The number of hydrogen-bond donors (Lipinski definition) is 1. The Bertz CT molecular complexity index is 1650. The van der Waals surface area contributed by atoms with Crippen LogP contribution in [0.4, 0.5) is 0 Å². The van der Waals surface area contributed by atoms with Crippen molar-refractivity contribution in [3.05, 3.63) is 117 Å². The van der Waals surface area contributed by atoms with E-state index in [-0.39, 0.29) is 11.6 Å². The van der Waals surface area contributed by atoms with Crippen molar-refractivity contribution >= 4 is 10.9 Å². The molecule has 1 aliphatic heterocycles. The summed E-state index contributed by atoms with van der Waals surface area (Å²) in [5.74, 6) is 2.08. The molecule has 3 heterocycles. The van der Waals surface area contributed by atoms with Crippen LogP contribution >= 0.6 is 0 Å². The maximum absolute atomic E-state index is 13.6. The van der Waals surface area contributed by atoms with Crippen molar-refractivity contribution in [2.45, 2.75) is 45.2 Å². The number of nitrogens with one attached hydrogen (secondary N) is 1. The molecule has 8 heteroatoms. The standard InChI is InChI=1S/C33H36N6O2/c1-3-23-11-14-30-27(20-23)21-29(33(40)34-30)31(38-17-15-25(16-18-38)19-24-7-5-4-6-8-24)32-35-36-37-39(32)22-26-9-12-28(41-2)13-10-26/h4-14,20-21,25,31H,3,15-19,22H2,1-2H3,(H,34,40). The molecule has 41 heavy (non-hydrogen) atoms. The maximum Gasteiger partial charge on any atom is 0.253 e. The van der Waals surface area contributed by atoms with E-state index in [1.165, 1.54) is 11.1 Å². The summed E-state index contributed by atoms with van der Waals surface area (Å²) in [7, 11) is 1.66. The first kappa shape index (κ1) is 26.9. The Morgan fingerprint density at radius 2 is 1.71 bits per heavy atom. The molecule has 1 atom stereocenters. The van der Waals surface area contributed by atoms with Gasteiger partial charge in [0.05, 0.1) is 13.7 Å². The van der Waals surface area contributed by atoms with Crippen LogP contribution in [0, 0.1) is 5.92 Å². The number of hydrogen-bond acceptors (Lipinski definition) is 6. The molecule has 0 aliphatic carbocycles. The van der Waals surface area contributed by atoms with Crippen molar-refractivity contribution in [3.63, 3.8) is 0 Å². The zero-order valence-electron chi connectivity index (χ0n) is 23.7. The number of likely N-dealkylation sites (tertiary alicyclic amines) is 1. The fourth-order valence-corrected chi connectivity index (χ4v) is 5.98. The number of tetrazole rings is 1. The second kappa shape index (κ2) is 12.1. The SMILES string of the molecule is CCc1ccc2[nH]c(=O)c(C(c3nnnn3Cc3ccc(OC)cc3)N3CCC(Cc4ccccc4)CC3)cc2c1. The van der Waals surface area contributed by atoms with E-state index in [1.807, 2.05) is 41.1 Å². The summed E-state index contributed by atoms with van der Waals surface area (Å²) in [4.78, 5) is 19.2. The summed E-state index contributed by atoms with van der Waals surface area (Å²) >= 11 is 0. The van der Waals surface area contributed by atoms with Gasteiger partial charge in [-0.05, 0) is 108 Å². The summed E-state index contributed by atoms with van der Waals surface area (Å²) in [5, 5.41) is 14.0. The van der Waals surface area contributed by atoms with Gasteiger partial charge in [-0.1, -0.05) is 55.5 Å². The number of methoxy groups -OCH3 is 1. The molecule has 1 fully saturated rings. The van der Waals surface area contributed by atoms with E-state index in [0.29, 0.717) is 23.9 Å². The van der Waals surface area contributed by atoms with Gasteiger partial charge in [-0.2, -0.15) is 0 Å². The van der Waals surface area contributed by atoms with Crippen LogP contribution in [0.15, 0.2) is 83.7 Å². The molecule has 1 aliphatic rings. The van der Waals surface area contributed by atoms with E-state index in [4.69, 9.17) is 4.74 Å². The quantitative estimate of drug-likeness (QED) is 0.273. The molecule has 2 aromatic heterocycles. The molecule has 0 spiro atoms. The summed E-state index contributed by atoms with van der Waals surface area (Å²) in [6.07, 6.45) is 4.11. The lowest BCUT2D eigenvalue weighted by Crippen LogP contribution is -2.41. The highest BCUT2D eigenvalue weighted by atomic mass is 16.5. The average molecular weight is 549 g/mol. The van der Waals surface area contributed by atoms with Crippen molar-refractivity contribution in [1.82, 2.24) is 30.1 Å². The Morgan fingerprint density at radius 3 is 2.44 bits per heavy atom. The first-order chi connectivity index (χ1) is 20.1. The minimum absolute atomic E-state index is 0.0999. The van der Waals surface area contributed by atoms with E-state index >= 15 is 0 Å². The lowest BCUT2D eigenvalue weighted by Gasteiger charge is -2.37. The van der Waals surface area contributed by atoms with Crippen molar-refractivity contribution in [1.29, 1.82) is 0 Å². The van der Waals surface area contributed by atoms with E-state index < -0.39 is 0 Å². The van der Waals surface area contributed by atoms with Gasteiger partial charge in [-0.25, -0.2) is 4.68 Å².